The minimum atomic E-state index is 0.806. The summed E-state index contributed by atoms with van der Waals surface area (Å²) in [6.45, 7) is 8.83. The fraction of sp³-hybridized carbons (Fsp3) is 0.350. The molecule has 1 aromatic carbocycles. The van der Waals surface area contributed by atoms with E-state index >= 15 is 0 Å². The van der Waals surface area contributed by atoms with Crippen molar-refractivity contribution in [2.24, 2.45) is 0 Å². The molecule has 1 aliphatic rings. The number of anilines is 1. The van der Waals surface area contributed by atoms with Crippen LogP contribution in [-0.2, 0) is 6.67 Å². The van der Waals surface area contributed by atoms with Crippen molar-refractivity contribution >= 4 is 18.2 Å². The van der Waals surface area contributed by atoms with Gasteiger partial charge in [-0.2, -0.15) is 0 Å². The lowest BCUT2D eigenvalue weighted by Gasteiger charge is -2.34. The van der Waals surface area contributed by atoms with Gasteiger partial charge in [0.05, 0.1) is 12.4 Å². The standard InChI is InChI=1S/C20H24N6S/c1-16-4-5-18(17(2)14-16)26-13-12-25(20(26)27)15-23-8-10-24(11-9-23)19-21-6-3-7-22-19/h3-7,12-14H,8-11,15H2,1-2H3. The van der Waals surface area contributed by atoms with E-state index in [0.29, 0.717) is 0 Å². The molecular weight excluding hydrogens is 356 g/mol. The molecule has 140 valence electrons. The third kappa shape index (κ3) is 3.79. The molecule has 4 rings (SSSR count). The molecule has 6 nitrogen and oxygen atoms in total. The molecule has 0 bridgehead atoms. The summed E-state index contributed by atoms with van der Waals surface area (Å²) in [5.41, 5.74) is 3.65. The van der Waals surface area contributed by atoms with Gasteiger partial charge in [0.15, 0.2) is 4.77 Å². The molecule has 0 atom stereocenters. The van der Waals surface area contributed by atoms with Gasteiger partial charge in [-0.3, -0.25) is 9.47 Å². The number of piperazine rings is 1. The lowest BCUT2D eigenvalue weighted by molar-refractivity contribution is 0.204. The Hall–Kier alpha value is -2.51. The number of nitrogens with zero attached hydrogens (tertiary/aromatic N) is 6. The Morgan fingerprint density at radius 3 is 2.44 bits per heavy atom. The van der Waals surface area contributed by atoms with Crippen molar-refractivity contribution in [2.45, 2.75) is 20.5 Å². The molecule has 3 aromatic rings. The Labute approximate surface area is 164 Å². The molecule has 7 heteroatoms. The van der Waals surface area contributed by atoms with Gasteiger partial charge in [-0.25, -0.2) is 9.97 Å². The van der Waals surface area contributed by atoms with E-state index in [4.69, 9.17) is 12.2 Å². The first-order valence-electron chi connectivity index (χ1n) is 9.21. The quantitative estimate of drug-likeness (QED) is 0.650. The van der Waals surface area contributed by atoms with Crippen molar-refractivity contribution < 1.29 is 0 Å². The summed E-state index contributed by atoms with van der Waals surface area (Å²) in [7, 11) is 0. The fourth-order valence-electron chi connectivity index (χ4n) is 3.54. The summed E-state index contributed by atoms with van der Waals surface area (Å²) in [5, 5.41) is 0. The maximum absolute atomic E-state index is 5.74. The Balaban J connectivity index is 1.44. The molecule has 0 aliphatic carbocycles. The minimum Gasteiger partial charge on any atom is -0.338 e. The number of imidazole rings is 1. The van der Waals surface area contributed by atoms with E-state index in [1.807, 2.05) is 6.07 Å². The summed E-state index contributed by atoms with van der Waals surface area (Å²) >= 11 is 5.74. The highest BCUT2D eigenvalue weighted by atomic mass is 32.1. The predicted octanol–water partition coefficient (Wildman–Crippen LogP) is 3.19. The smallest absolute Gasteiger partial charge is 0.225 e. The maximum atomic E-state index is 5.74. The lowest BCUT2D eigenvalue weighted by atomic mass is 10.1. The van der Waals surface area contributed by atoms with E-state index in [2.05, 4.69) is 73.3 Å². The van der Waals surface area contributed by atoms with Gasteiger partial charge in [0.1, 0.15) is 0 Å². The molecule has 3 heterocycles. The van der Waals surface area contributed by atoms with Crippen molar-refractivity contribution in [1.29, 1.82) is 0 Å². The molecule has 0 amide bonds. The third-order valence-corrected chi connectivity index (χ3v) is 5.45. The average molecular weight is 381 g/mol. The van der Waals surface area contributed by atoms with Gasteiger partial charge in [-0.15, -0.1) is 0 Å². The first-order chi connectivity index (χ1) is 13.1. The molecule has 1 aliphatic heterocycles. The third-order valence-electron chi connectivity index (χ3n) is 5.02. The number of hydrogen-bond acceptors (Lipinski definition) is 5. The Morgan fingerprint density at radius 2 is 1.74 bits per heavy atom. The van der Waals surface area contributed by atoms with Gasteiger partial charge >= 0.3 is 0 Å². The summed E-state index contributed by atoms with van der Waals surface area (Å²) in [4.78, 5) is 13.3. The van der Waals surface area contributed by atoms with Crippen molar-refractivity contribution in [3.8, 4) is 5.69 Å². The molecule has 0 radical (unpaired) electrons. The molecule has 27 heavy (non-hydrogen) atoms. The molecule has 0 unspecified atom stereocenters. The van der Waals surface area contributed by atoms with Crippen LogP contribution in [0.3, 0.4) is 0 Å². The van der Waals surface area contributed by atoms with E-state index in [1.54, 1.807) is 12.4 Å². The van der Waals surface area contributed by atoms with Crippen molar-refractivity contribution in [2.75, 3.05) is 31.1 Å². The Bertz CT molecular complexity index is 970. The molecule has 1 saturated heterocycles. The van der Waals surface area contributed by atoms with Crippen LogP contribution in [0.4, 0.5) is 5.95 Å². The summed E-state index contributed by atoms with van der Waals surface area (Å²) in [6, 6.07) is 8.32. The number of aromatic nitrogens is 4. The van der Waals surface area contributed by atoms with E-state index < -0.39 is 0 Å². The van der Waals surface area contributed by atoms with Gasteiger partial charge in [0, 0.05) is 51.0 Å². The van der Waals surface area contributed by atoms with Gasteiger partial charge < -0.3 is 9.47 Å². The van der Waals surface area contributed by atoms with Gasteiger partial charge in [-0.05, 0) is 43.8 Å². The highest BCUT2D eigenvalue weighted by molar-refractivity contribution is 7.71. The summed E-state index contributed by atoms with van der Waals surface area (Å²) in [6.07, 6.45) is 7.73. The number of benzene rings is 1. The topological polar surface area (TPSA) is 42.1 Å². The summed E-state index contributed by atoms with van der Waals surface area (Å²) < 4.78 is 5.07. The van der Waals surface area contributed by atoms with Gasteiger partial charge in [-0.1, -0.05) is 17.7 Å². The van der Waals surface area contributed by atoms with Crippen LogP contribution in [0.2, 0.25) is 0 Å². The SMILES string of the molecule is Cc1ccc(-n2ccn(CN3CCN(c4ncccn4)CC3)c2=S)c(C)c1. The summed E-state index contributed by atoms with van der Waals surface area (Å²) in [5.74, 6) is 0.815. The zero-order valence-electron chi connectivity index (χ0n) is 15.7. The fourth-order valence-corrected chi connectivity index (χ4v) is 3.82. The van der Waals surface area contributed by atoms with E-state index in [9.17, 15) is 0 Å². The highest BCUT2D eigenvalue weighted by Gasteiger charge is 2.19. The second-order valence-corrected chi connectivity index (χ2v) is 7.37. The second kappa shape index (κ2) is 7.62. The van der Waals surface area contributed by atoms with Crippen LogP contribution >= 0.6 is 12.2 Å². The van der Waals surface area contributed by atoms with Crippen LogP contribution in [0, 0.1) is 18.6 Å². The maximum Gasteiger partial charge on any atom is 0.225 e. The lowest BCUT2D eigenvalue weighted by Crippen LogP contribution is -2.47. The molecule has 1 fully saturated rings. The van der Waals surface area contributed by atoms with Crippen molar-refractivity contribution in [3.63, 3.8) is 0 Å². The number of rotatable bonds is 4. The highest BCUT2D eigenvalue weighted by Crippen LogP contribution is 2.17. The molecule has 0 saturated carbocycles. The van der Waals surface area contributed by atoms with Crippen molar-refractivity contribution in [3.05, 3.63) is 65.0 Å². The predicted molar refractivity (Wildman–Crippen MR) is 110 cm³/mol. The van der Waals surface area contributed by atoms with Gasteiger partial charge in [0.2, 0.25) is 5.95 Å². The first kappa shape index (κ1) is 17.9. The van der Waals surface area contributed by atoms with Crippen LogP contribution in [0.5, 0.6) is 0 Å². The molecule has 0 N–H and O–H groups in total. The van der Waals surface area contributed by atoms with E-state index in [1.165, 1.54) is 11.1 Å². The number of aryl methyl sites for hydroxylation is 2. The molecule has 2 aromatic heterocycles. The molecular formula is C20H24N6S. The Morgan fingerprint density at radius 1 is 1.00 bits per heavy atom. The normalized spacial score (nSPS) is 15.3. The monoisotopic (exact) mass is 380 g/mol. The van der Waals surface area contributed by atoms with E-state index in [-0.39, 0.29) is 0 Å². The largest absolute Gasteiger partial charge is 0.338 e. The first-order valence-corrected chi connectivity index (χ1v) is 9.62. The van der Waals surface area contributed by atoms with Crippen molar-refractivity contribution in [1.82, 2.24) is 24.0 Å². The zero-order chi connectivity index (χ0) is 18.8. The number of hydrogen-bond donors (Lipinski definition) is 0. The average Bonchev–Trinajstić information content (AvgIpc) is 3.03. The zero-order valence-corrected chi connectivity index (χ0v) is 16.6. The van der Waals surface area contributed by atoms with Crippen LogP contribution in [-0.4, -0.2) is 50.2 Å². The van der Waals surface area contributed by atoms with Crippen LogP contribution < -0.4 is 4.90 Å². The second-order valence-electron chi connectivity index (χ2n) is 7.01. The van der Waals surface area contributed by atoms with Crippen LogP contribution in [0.25, 0.3) is 5.69 Å². The van der Waals surface area contributed by atoms with Crippen LogP contribution in [0.1, 0.15) is 11.1 Å². The Kier molecular flexibility index (Phi) is 5.05. The minimum absolute atomic E-state index is 0.806. The van der Waals surface area contributed by atoms with Crippen LogP contribution in [0.15, 0.2) is 49.1 Å². The van der Waals surface area contributed by atoms with Gasteiger partial charge in [0.25, 0.3) is 0 Å². The molecule has 0 spiro atoms. The van der Waals surface area contributed by atoms with E-state index in [0.717, 1.165) is 49.3 Å².